The number of terminal acetylenes is 1. The lowest BCUT2D eigenvalue weighted by atomic mass is 10.2. The summed E-state index contributed by atoms with van der Waals surface area (Å²) in [6, 6.07) is 0.131. The lowest BCUT2D eigenvalue weighted by molar-refractivity contribution is 0.357. The minimum atomic E-state index is -1.61. The third-order valence-electron chi connectivity index (χ3n) is 2.11. The van der Waals surface area contributed by atoms with Crippen LogP contribution in [0.25, 0.3) is 0 Å². The molecule has 0 amide bonds. The fourth-order valence-electron chi connectivity index (χ4n) is 1.17. The molecule has 0 bridgehead atoms. The molecule has 1 fully saturated rings. The van der Waals surface area contributed by atoms with Crippen molar-refractivity contribution < 1.29 is 0 Å². The van der Waals surface area contributed by atoms with Crippen molar-refractivity contribution in [2.24, 2.45) is 0 Å². The van der Waals surface area contributed by atoms with Gasteiger partial charge in [-0.2, -0.15) is 0 Å². The summed E-state index contributed by atoms with van der Waals surface area (Å²) < 4.78 is 4.02. The van der Waals surface area contributed by atoms with Gasteiger partial charge in [0, 0.05) is 21.1 Å². The Labute approximate surface area is 84.0 Å². The van der Waals surface area contributed by atoms with E-state index in [4.69, 9.17) is 28.8 Å². The van der Waals surface area contributed by atoms with Crippen molar-refractivity contribution in [2.45, 2.75) is 12.5 Å². The van der Waals surface area contributed by atoms with Crippen LogP contribution in [0.3, 0.4) is 0 Å². The van der Waals surface area contributed by atoms with Gasteiger partial charge in [0.25, 0.3) is 0 Å². The van der Waals surface area contributed by atoms with Crippen molar-refractivity contribution in [3.63, 3.8) is 0 Å². The zero-order chi connectivity index (χ0) is 9.35. The van der Waals surface area contributed by atoms with Gasteiger partial charge in [0.05, 0.1) is 6.04 Å². The molecule has 0 N–H and O–H groups in total. The maximum absolute atomic E-state index is 5.37. The number of rotatable bonds is 0. The van der Waals surface area contributed by atoms with Crippen LogP contribution in [0, 0.1) is 12.3 Å². The summed E-state index contributed by atoms with van der Waals surface area (Å²) in [6.45, 7) is 0.918. The van der Waals surface area contributed by atoms with Crippen LogP contribution in [0.4, 0.5) is 0 Å². The SMILES string of the molecule is C#CC1CCN(C)S(=S)(=S)N1C. The Morgan fingerprint density at radius 1 is 1.50 bits per heavy atom. The molecule has 2 nitrogen and oxygen atoms in total. The van der Waals surface area contributed by atoms with Gasteiger partial charge in [-0.25, -0.2) is 8.61 Å². The van der Waals surface area contributed by atoms with Crippen LogP contribution < -0.4 is 0 Å². The van der Waals surface area contributed by atoms with E-state index in [1.807, 2.05) is 22.7 Å². The highest BCUT2D eigenvalue weighted by Crippen LogP contribution is 2.18. The van der Waals surface area contributed by atoms with E-state index in [-0.39, 0.29) is 6.04 Å². The lowest BCUT2D eigenvalue weighted by Gasteiger charge is -2.39. The van der Waals surface area contributed by atoms with Gasteiger partial charge >= 0.3 is 0 Å². The highest BCUT2D eigenvalue weighted by molar-refractivity contribution is 8.54. The number of hydrogen-bond acceptors (Lipinski definition) is 2. The molecule has 1 rings (SSSR count). The molecule has 0 aromatic heterocycles. The Morgan fingerprint density at radius 2 is 2.08 bits per heavy atom. The van der Waals surface area contributed by atoms with Crippen LogP contribution in [0.1, 0.15) is 6.42 Å². The molecular weight excluding hydrogens is 208 g/mol. The molecule has 1 heterocycles. The quantitative estimate of drug-likeness (QED) is 0.537. The van der Waals surface area contributed by atoms with Gasteiger partial charge in [-0.1, -0.05) is 5.92 Å². The molecule has 0 aliphatic carbocycles. The Morgan fingerprint density at radius 3 is 2.58 bits per heavy atom. The summed E-state index contributed by atoms with van der Waals surface area (Å²) in [5, 5.41) is 0. The summed E-state index contributed by atoms with van der Waals surface area (Å²) in [6.07, 6.45) is 6.33. The van der Waals surface area contributed by atoms with Gasteiger partial charge in [0.2, 0.25) is 0 Å². The van der Waals surface area contributed by atoms with E-state index in [1.54, 1.807) is 0 Å². The summed E-state index contributed by atoms with van der Waals surface area (Å²) >= 11 is 10.7. The van der Waals surface area contributed by atoms with E-state index in [0.717, 1.165) is 13.0 Å². The zero-order valence-corrected chi connectivity index (χ0v) is 9.64. The number of nitrogens with zero attached hydrogens (tertiary/aromatic N) is 2. The molecule has 0 saturated carbocycles. The molecule has 0 radical (unpaired) electrons. The van der Waals surface area contributed by atoms with Crippen molar-refractivity contribution in [2.75, 3.05) is 20.6 Å². The van der Waals surface area contributed by atoms with Crippen LogP contribution in [0.5, 0.6) is 0 Å². The van der Waals surface area contributed by atoms with E-state index in [9.17, 15) is 0 Å². The lowest BCUT2D eigenvalue weighted by Crippen LogP contribution is -2.49. The van der Waals surface area contributed by atoms with Gasteiger partial charge in [0.15, 0.2) is 0 Å². The predicted molar refractivity (Wildman–Crippen MR) is 59.7 cm³/mol. The molecule has 0 spiro atoms. The van der Waals surface area contributed by atoms with Gasteiger partial charge in [-0.3, -0.25) is 0 Å². The molecule has 12 heavy (non-hydrogen) atoms. The Balaban J connectivity index is 2.95. The minimum Gasteiger partial charge on any atom is -0.236 e. The topological polar surface area (TPSA) is 6.48 Å². The monoisotopic (exact) mass is 220 g/mol. The third kappa shape index (κ3) is 1.63. The van der Waals surface area contributed by atoms with Crippen molar-refractivity contribution in [1.82, 2.24) is 8.61 Å². The smallest absolute Gasteiger partial charge is 0.0833 e. The molecule has 1 atom stereocenters. The molecular formula is C7H12N2S3. The van der Waals surface area contributed by atoms with E-state index in [0.29, 0.717) is 0 Å². The third-order valence-corrected chi connectivity index (χ3v) is 7.00. The zero-order valence-electron chi connectivity index (χ0n) is 7.19. The first-order chi connectivity index (χ1) is 5.50. The van der Waals surface area contributed by atoms with Crippen LogP contribution in [0.2, 0.25) is 0 Å². The van der Waals surface area contributed by atoms with Crippen LogP contribution in [-0.4, -0.2) is 35.3 Å². The van der Waals surface area contributed by atoms with Gasteiger partial charge < -0.3 is 0 Å². The van der Waals surface area contributed by atoms with Crippen molar-refractivity contribution in [3.05, 3.63) is 0 Å². The average Bonchev–Trinajstić information content (AvgIpc) is 2.02. The molecule has 0 aromatic carbocycles. The molecule has 1 unspecified atom stereocenters. The van der Waals surface area contributed by atoms with Gasteiger partial charge in [-0.05, 0) is 35.8 Å². The molecule has 5 heteroatoms. The predicted octanol–water partition coefficient (Wildman–Crippen LogP) is 0.163. The van der Waals surface area contributed by atoms with Crippen LogP contribution in [0.15, 0.2) is 0 Å². The Bertz CT molecular complexity index is 301. The molecule has 0 aromatic rings. The van der Waals surface area contributed by atoms with Gasteiger partial charge in [0.1, 0.15) is 0 Å². The second-order valence-electron chi connectivity index (χ2n) is 2.82. The summed E-state index contributed by atoms with van der Waals surface area (Å²) in [5.74, 6) is 2.72. The van der Waals surface area contributed by atoms with Crippen LogP contribution in [-0.2, 0) is 29.9 Å². The highest BCUT2D eigenvalue weighted by atomic mass is 33.1. The van der Waals surface area contributed by atoms with Crippen molar-refractivity contribution >= 4 is 29.9 Å². The largest absolute Gasteiger partial charge is 0.236 e. The Hall–Kier alpha value is 0.270. The van der Waals surface area contributed by atoms with Crippen molar-refractivity contribution in [3.8, 4) is 12.3 Å². The van der Waals surface area contributed by atoms with Gasteiger partial charge in [-0.15, -0.1) is 6.42 Å². The second kappa shape index (κ2) is 3.56. The van der Waals surface area contributed by atoms with Crippen LogP contribution >= 0.6 is 0 Å². The fraction of sp³-hybridized carbons (Fsp3) is 0.714. The first-order valence-corrected chi connectivity index (χ1v) is 7.05. The maximum atomic E-state index is 5.37. The fourth-order valence-corrected chi connectivity index (χ4v) is 3.50. The number of hydrogen-bond donors (Lipinski definition) is 0. The van der Waals surface area contributed by atoms with E-state index < -0.39 is 7.52 Å². The van der Waals surface area contributed by atoms with E-state index >= 15 is 0 Å². The molecule has 68 valence electrons. The molecule has 1 aliphatic rings. The first-order valence-electron chi connectivity index (χ1n) is 3.65. The Kier molecular flexibility index (Phi) is 3.07. The maximum Gasteiger partial charge on any atom is 0.0833 e. The molecule has 1 saturated heterocycles. The average molecular weight is 220 g/mol. The van der Waals surface area contributed by atoms with Crippen molar-refractivity contribution in [1.29, 1.82) is 0 Å². The van der Waals surface area contributed by atoms with E-state index in [1.165, 1.54) is 0 Å². The summed E-state index contributed by atoms with van der Waals surface area (Å²) in [4.78, 5) is 0. The summed E-state index contributed by atoms with van der Waals surface area (Å²) in [5.41, 5.74) is 0. The second-order valence-corrected chi connectivity index (χ2v) is 8.33. The minimum absolute atomic E-state index is 0.131. The first kappa shape index (κ1) is 10.4. The van der Waals surface area contributed by atoms with E-state index in [2.05, 4.69) is 5.92 Å². The normalized spacial score (nSPS) is 31.2. The standard InChI is InChI=1S/C7H12N2S3/c1-4-7-5-6-8(2)12(10,11)9(7)3/h1,7H,5-6H2,2-3H3. The highest BCUT2D eigenvalue weighted by Gasteiger charge is 2.27. The molecule has 1 aliphatic heterocycles. The summed E-state index contributed by atoms with van der Waals surface area (Å²) in [7, 11) is 2.29.